The lowest BCUT2D eigenvalue weighted by molar-refractivity contribution is 0.161. The fraction of sp³-hybridized carbons (Fsp3) is 0.667. The number of methoxy groups -OCH3 is 1. The zero-order valence-corrected chi connectivity index (χ0v) is 13.8. The second-order valence-corrected chi connectivity index (χ2v) is 6.13. The maximum atomic E-state index is 5.55. The van der Waals surface area contributed by atoms with E-state index in [9.17, 15) is 0 Å². The molecule has 0 radical (unpaired) electrons. The van der Waals surface area contributed by atoms with Gasteiger partial charge in [0.25, 0.3) is 0 Å². The Bertz CT molecular complexity index is 415. The van der Waals surface area contributed by atoms with Gasteiger partial charge in [-0.05, 0) is 57.8 Å². The Morgan fingerprint density at radius 3 is 2.86 bits per heavy atom. The quantitative estimate of drug-likeness (QED) is 0.832. The van der Waals surface area contributed by atoms with E-state index in [-0.39, 0.29) is 0 Å². The molecule has 1 aromatic carbocycles. The molecule has 0 spiro atoms. The Labute approximate surface area is 129 Å². The Balaban J connectivity index is 2.08. The summed E-state index contributed by atoms with van der Waals surface area (Å²) < 4.78 is 5.55. The molecule has 1 aromatic rings. The number of ether oxygens (including phenoxy) is 1. The summed E-state index contributed by atoms with van der Waals surface area (Å²) in [6, 6.07) is 8.83. The zero-order valence-electron chi connectivity index (χ0n) is 13.8. The van der Waals surface area contributed by atoms with Gasteiger partial charge in [-0.15, -0.1) is 0 Å². The minimum absolute atomic E-state index is 0.406. The van der Waals surface area contributed by atoms with Gasteiger partial charge in [-0.3, -0.25) is 4.90 Å². The van der Waals surface area contributed by atoms with Gasteiger partial charge in [-0.1, -0.05) is 25.1 Å². The number of rotatable bonds is 7. The molecule has 3 heteroatoms. The van der Waals surface area contributed by atoms with Crippen molar-refractivity contribution in [3.8, 4) is 5.75 Å². The first kappa shape index (κ1) is 16.3. The molecule has 2 atom stereocenters. The van der Waals surface area contributed by atoms with E-state index in [0.29, 0.717) is 6.04 Å². The topological polar surface area (TPSA) is 24.5 Å². The van der Waals surface area contributed by atoms with Crippen LogP contribution in [-0.2, 0) is 0 Å². The number of benzene rings is 1. The SMILES string of the molecule is CCCN(CC1CCCNC1)C(C)c1ccccc1OC. The number of nitrogens with one attached hydrogen (secondary N) is 1. The van der Waals surface area contributed by atoms with Crippen LogP contribution in [0.5, 0.6) is 5.75 Å². The summed E-state index contributed by atoms with van der Waals surface area (Å²) in [6.45, 7) is 9.26. The molecule has 118 valence electrons. The molecular formula is C18H30N2O. The highest BCUT2D eigenvalue weighted by atomic mass is 16.5. The highest BCUT2D eigenvalue weighted by molar-refractivity contribution is 5.35. The first-order valence-electron chi connectivity index (χ1n) is 8.34. The highest BCUT2D eigenvalue weighted by Crippen LogP contribution is 2.30. The van der Waals surface area contributed by atoms with Crippen molar-refractivity contribution in [2.45, 2.75) is 39.2 Å². The Morgan fingerprint density at radius 1 is 1.38 bits per heavy atom. The van der Waals surface area contributed by atoms with Crippen molar-refractivity contribution >= 4 is 0 Å². The average Bonchev–Trinajstić information content (AvgIpc) is 2.54. The van der Waals surface area contributed by atoms with E-state index >= 15 is 0 Å². The molecule has 2 rings (SSSR count). The van der Waals surface area contributed by atoms with Crippen LogP contribution in [0, 0.1) is 5.92 Å². The zero-order chi connectivity index (χ0) is 15.1. The van der Waals surface area contributed by atoms with Crippen molar-refractivity contribution in [1.82, 2.24) is 10.2 Å². The van der Waals surface area contributed by atoms with Gasteiger partial charge in [-0.25, -0.2) is 0 Å². The second-order valence-electron chi connectivity index (χ2n) is 6.13. The third-order valence-electron chi connectivity index (χ3n) is 4.54. The van der Waals surface area contributed by atoms with Gasteiger partial charge in [0, 0.05) is 18.2 Å². The second kappa shape index (κ2) is 8.40. The Morgan fingerprint density at radius 2 is 2.19 bits per heavy atom. The first-order chi connectivity index (χ1) is 10.3. The minimum Gasteiger partial charge on any atom is -0.496 e. The van der Waals surface area contributed by atoms with Gasteiger partial charge in [0.2, 0.25) is 0 Å². The molecule has 0 bridgehead atoms. The monoisotopic (exact) mass is 290 g/mol. The fourth-order valence-electron chi connectivity index (χ4n) is 3.35. The van der Waals surface area contributed by atoms with Gasteiger partial charge in [0.1, 0.15) is 5.75 Å². The summed E-state index contributed by atoms with van der Waals surface area (Å²) in [5, 5.41) is 3.53. The maximum Gasteiger partial charge on any atom is 0.123 e. The highest BCUT2D eigenvalue weighted by Gasteiger charge is 2.22. The summed E-state index contributed by atoms with van der Waals surface area (Å²) in [7, 11) is 1.76. The molecule has 2 unspecified atom stereocenters. The van der Waals surface area contributed by atoms with Gasteiger partial charge < -0.3 is 10.1 Å². The largest absolute Gasteiger partial charge is 0.496 e. The lowest BCUT2D eigenvalue weighted by atomic mass is 9.97. The van der Waals surface area contributed by atoms with Crippen LogP contribution in [0.2, 0.25) is 0 Å². The lowest BCUT2D eigenvalue weighted by Crippen LogP contribution is -2.39. The van der Waals surface area contributed by atoms with E-state index in [1.165, 1.54) is 44.5 Å². The van der Waals surface area contributed by atoms with E-state index < -0.39 is 0 Å². The molecule has 0 saturated carbocycles. The van der Waals surface area contributed by atoms with Crippen molar-refractivity contribution in [2.75, 3.05) is 33.3 Å². The van der Waals surface area contributed by atoms with Crippen molar-refractivity contribution < 1.29 is 4.74 Å². The first-order valence-corrected chi connectivity index (χ1v) is 8.34. The van der Waals surface area contributed by atoms with Crippen LogP contribution in [0.4, 0.5) is 0 Å². The molecule has 0 aromatic heterocycles. The smallest absolute Gasteiger partial charge is 0.123 e. The van der Waals surface area contributed by atoms with E-state index in [2.05, 4.69) is 42.3 Å². The molecule has 1 fully saturated rings. The summed E-state index contributed by atoms with van der Waals surface area (Å²) >= 11 is 0. The lowest BCUT2D eigenvalue weighted by Gasteiger charge is -2.34. The van der Waals surface area contributed by atoms with Crippen LogP contribution in [0.25, 0.3) is 0 Å². The predicted molar refractivity (Wildman–Crippen MR) is 88.9 cm³/mol. The van der Waals surface area contributed by atoms with Crippen molar-refractivity contribution in [1.29, 1.82) is 0 Å². The van der Waals surface area contributed by atoms with Crippen LogP contribution >= 0.6 is 0 Å². The van der Waals surface area contributed by atoms with E-state index in [1.807, 2.05) is 6.07 Å². The summed E-state index contributed by atoms with van der Waals surface area (Å²) in [4.78, 5) is 2.62. The predicted octanol–water partition coefficient (Wildman–Crippen LogP) is 3.47. The van der Waals surface area contributed by atoms with E-state index in [0.717, 1.165) is 18.2 Å². The third kappa shape index (κ3) is 4.45. The van der Waals surface area contributed by atoms with Crippen molar-refractivity contribution in [3.63, 3.8) is 0 Å². The summed E-state index contributed by atoms with van der Waals surface area (Å²) in [5.41, 5.74) is 1.30. The number of piperidine rings is 1. The van der Waals surface area contributed by atoms with Crippen molar-refractivity contribution in [3.05, 3.63) is 29.8 Å². The fourth-order valence-corrected chi connectivity index (χ4v) is 3.35. The van der Waals surface area contributed by atoms with Gasteiger partial charge in [0.05, 0.1) is 7.11 Å². The molecule has 1 saturated heterocycles. The number of para-hydroxylation sites is 1. The van der Waals surface area contributed by atoms with Gasteiger partial charge >= 0.3 is 0 Å². The molecule has 0 amide bonds. The minimum atomic E-state index is 0.406. The van der Waals surface area contributed by atoms with Crippen LogP contribution in [0.3, 0.4) is 0 Å². The number of hydrogen-bond donors (Lipinski definition) is 1. The number of nitrogens with zero attached hydrogens (tertiary/aromatic N) is 1. The van der Waals surface area contributed by atoms with Crippen LogP contribution in [0.15, 0.2) is 24.3 Å². The molecular weight excluding hydrogens is 260 g/mol. The molecule has 1 aliphatic heterocycles. The third-order valence-corrected chi connectivity index (χ3v) is 4.54. The molecule has 3 nitrogen and oxygen atoms in total. The maximum absolute atomic E-state index is 5.55. The Hall–Kier alpha value is -1.06. The standard InChI is InChI=1S/C18H30N2O/c1-4-12-20(14-16-8-7-11-19-13-16)15(2)17-9-5-6-10-18(17)21-3/h5-6,9-10,15-16,19H,4,7-8,11-14H2,1-3H3. The summed E-state index contributed by atoms with van der Waals surface area (Å²) in [6.07, 6.45) is 3.86. The molecule has 1 N–H and O–H groups in total. The van der Waals surface area contributed by atoms with Gasteiger partial charge in [0.15, 0.2) is 0 Å². The van der Waals surface area contributed by atoms with Crippen molar-refractivity contribution in [2.24, 2.45) is 5.92 Å². The van der Waals surface area contributed by atoms with Crippen LogP contribution in [0.1, 0.15) is 44.7 Å². The molecule has 1 aliphatic rings. The summed E-state index contributed by atoms with van der Waals surface area (Å²) in [5.74, 6) is 1.79. The molecule has 1 heterocycles. The normalized spacial score (nSPS) is 20.5. The van der Waals surface area contributed by atoms with Gasteiger partial charge in [-0.2, -0.15) is 0 Å². The molecule has 21 heavy (non-hydrogen) atoms. The van der Waals surface area contributed by atoms with Crippen LogP contribution < -0.4 is 10.1 Å². The number of hydrogen-bond acceptors (Lipinski definition) is 3. The van der Waals surface area contributed by atoms with Crippen LogP contribution in [-0.4, -0.2) is 38.2 Å². The van der Waals surface area contributed by atoms with E-state index in [1.54, 1.807) is 7.11 Å². The Kier molecular flexibility index (Phi) is 6.52. The average molecular weight is 290 g/mol. The van der Waals surface area contributed by atoms with E-state index in [4.69, 9.17) is 4.74 Å². The molecule has 0 aliphatic carbocycles.